The van der Waals surface area contributed by atoms with Crippen LogP contribution >= 0.6 is 0 Å². The second-order valence-electron chi connectivity index (χ2n) is 4.44. The first-order valence-electron chi connectivity index (χ1n) is 6.61. The number of aryl methyl sites for hydroxylation is 1. The molecule has 5 heteroatoms. The van der Waals surface area contributed by atoms with Gasteiger partial charge in [-0.25, -0.2) is 0 Å². The van der Waals surface area contributed by atoms with Gasteiger partial charge in [-0.3, -0.25) is 9.48 Å². The number of aromatic nitrogens is 2. The molecule has 20 heavy (non-hydrogen) atoms. The summed E-state index contributed by atoms with van der Waals surface area (Å²) in [7, 11) is 1.54. The molecule has 2 N–H and O–H groups in total. The molecule has 2 aromatic rings. The van der Waals surface area contributed by atoms with E-state index in [0.29, 0.717) is 18.0 Å². The van der Waals surface area contributed by atoms with Gasteiger partial charge in [0, 0.05) is 13.1 Å². The number of ether oxygens (including phenoxy) is 1. The number of Topliss-reactive ketones (excluding diaryl/α,β-unsaturated/α-hetero) is 1. The van der Waals surface area contributed by atoms with Crippen LogP contribution in [0.15, 0.2) is 36.5 Å². The van der Waals surface area contributed by atoms with Gasteiger partial charge in [0.2, 0.25) is 0 Å². The van der Waals surface area contributed by atoms with Crippen molar-refractivity contribution in [3.8, 4) is 5.75 Å². The molecule has 0 saturated heterocycles. The Morgan fingerprint density at radius 1 is 1.40 bits per heavy atom. The number of nitrogens with zero attached hydrogens (tertiary/aromatic N) is 2. The lowest BCUT2D eigenvalue weighted by Crippen LogP contribution is -2.24. The summed E-state index contributed by atoms with van der Waals surface area (Å²) in [6.45, 7) is 2.79. The van der Waals surface area contributed by atoms with Crippen molar-refractivity contribution in [3.63, 3.8) is 0 Å². The molecule has 0 aliphatic heterocycles. The number of carbonyl (C=O) groups excluding carboxylic acids is 1. The Labute approximate surface area is 118 Å². The molecular weight excluding hydrogens is 254 g/mol. The summed E-state index contributed by atoms with van der Waals surface area (Å²) >= 11 is 0. The highest BCUT2D eigenvalue weighted by Gasteiger charge is 2.27. The lowest BCUT2D eigenvalue weighted by Gasteiger charge is -2.15. The van der Waals surface area contributed by atoms with Crippen molar-refractivity contribution in [2.24, 2.45) is 5.73 Å². The van der Waals surface area contributed by atoms with Gasteiger partial charge in [0.25, 0.3) is 0 Å². The number of ketones is 1. The number of methoxy groups -OCH3 is 1. The zero-order chi connectivity index (χ0) is 14.5. The van der Waals surface area contributed by atoms with Gasteiger partial charge in [0.1, 0.15) is 5.69 Å². The third-order valence-corrected chi connectivity index (χ3v) is 3.31. The highest BCUT2D eigenvalue weighted by Crippen LogP contribution is 2.26. The van der Waals surface area contributed by atoms with Gasteiger partial charge in [-0.2, -0.15) is 5.10 Å². The minimum absolute atomic E-state index is 0.0603. The molecule has 5 nitrogen and oxygen atoms in total. The van der Waals surface area contributed by atoms with E-state index in [2.05, 4.69) is 5.10 Å². The Morgan fingerprint density at radius 3 is 2.65 bits per heavy atom. The van der Waals surface area contributed by atoms with E-state index in [1.807, 2.05) is 37.3 Å². The van der Waals surface area contributed by atoms with Gasteiger partial charge in [-0.15, -0.1) is 0 Å². The third-order valence-electron chi connectivity index (χ3n) is 3.31. The molecule has 0 aliphatic carbocycles. The van der Waals surface area contributed by atoms with E-state index >= 15 is 0 Å². The van der Waals surface area contributed by atoms with Gasteiger partial charge in [-0.05, 0) is 12.5 Å². The van der Waals surface area contributed by atoms with Crippen LogP contribution in [0.5, 0.6) is 5.75 Å². The molecule has 0 fully saturated rings. The second kappa shape index (κ2) is 6.34. The van der Waals surface area contributed by atoms with Gasteiger partial charge in [0.05, 0.1) is 19.2 Å². The predicted molar refractivity (Wildman–Crippen MR) is 77.0 cm³/mol. The summed E-state index contributed by atoms with van der Waals surface area (Å²) in [5, 5.41) is 4.17. The quantitative estimate of drug-likeness (QED) is 0.815. The van der Waals surface area contributed by atoms with Crippen LogP contribution in [0.4, 0.5) is 0 Å². The van der Waals surface area contributed by atoms with Crippen molar-refractivity contribution in [2.75, 3.05) is 13.7 Å². The zero-order valence-corrected chi connectivity index (χ0v) is 11.7. The molecule has 1 aromatic carbocycles. The van der Waals surface area contributed by atoms with Crippen LogP contribution in [0.1, 0.15) is 28.9 Å². The molecule has 0 radical (unpaired) electrons. The van der Waals surface area contributed by atoms with E-state index in [9.17, 15) is 4.79 Å². The Balaban J connectivity index is 2.41. The third kappa shape index (κ3) is 2.58. The summed E-state index contributed by atoms with van der Waals surface area (Å²) in [4.78, 5) is 12.8. The lowest BCUT2D eigenvalue weighted by atomic mass is 9.93. The van der Waals surface area contributed by atoms with Gasteiger partial charge in [-0.1, -0.05) is 30.3 Å². The fourth-order valence-corrected chi connectivity index (χ4v) is 2.25. The van der Waals surface area contributed by atoms with Crippen LogP contribution in [0, 0.1) is 0 Å². The number of rotatable bonds is 6. The first-order chi connectivity index (χ1) is 9.72. The fraction of sp³-hybridized carbons (Fsp3) is 0.333. The molecule has 0 spiro atoms. The summed E-state index contributed by atoms with van der Waals surface area (Å²) in [5.74, 6) is 0.0493. The Bertz CT molecular complexity index is 557. The number of nitrogens with two attached hydrogens (primary N) is 1. The molecule has 1 unspecified atom stereocenters. The number of hydrogen-bond acceptors (Lipinski definition) is 4. The summed E-state index contributed by atoms with van der Waals surface area (Å²) < 4.78 is 6.88. The average molecular weight is 273 g/mol. The van der Waals surface area contributed by atoms with Crippen molar-refractivity contribution in [1.29, 1.82) is 0 Å². The number of hydrogen-bond donors (Lipinski definition) is 1. The number of benzene rings is 1. The Morgan fingerprint density at radius 2 is 2.10 bits per heavy atom. The smallest absolute Gasteiger partial charge is 0.193 e. The average Bonchev–Trinajstić information content (AvgIpc) is 2.92. The van der Waals surface area contributed by atoms with E-state index in [1.165, 1.54) is 7.11 Å². The SMILES string of the molecule is CCn1ncc(OC)c1C(=O)C(CN)c1ccccc1. The van der Waals surface area contributed by atoms with Crippen molar-refractivity contribution in [1.82, 2.24) is 9.78 Å². The molecule has 0 bridgehead atoms. The maximum absolute atomic E-state index is 12.8. The second-order valence-corrected chi connectivity index (χ2v) is 4.44. The number of carbonyl (C=O) groups is 1. The highest BCUT2D eigenvalue weighted by molar-refractivity contribution is 6.02. The fourth-order valence-electron chi connectivity index (χ4n) is 2.25. The lowest BCUT2D eigenvalue weighted by molar-refractivity contribution is 0.0948. The molecule has 1 heterocycles. The molecule has 1 atom stereocenters. The molecule has 0 amide bonds. The van der Waals surface area contributed by atoms with Crippen LogP contribution in [-0.4, -0.2) is 29.2 Å². The standard InChI is InChI=1S/C15H19N3O2/c1-3-18-14(13(20-2)10-17-18)15(19)12(9-16)11-7-5-4-6-8-11/h4-8,10,12H,3,9,16H2,1-2H3. The van der Waals surface area contributed by atoms with Gasteiger partial charge < -0.3 is 10.5 Å². The monoisotopic (exact) mass is 273 g/mol. The maximum Gasteiger partial charge on any atom is 0.193 e. The van der Waals surface area contributed by atoms with Gasteiger partial charge >= 0.3 is 0 Å². The molecular formula is C15H19N3O2. The van der Waals surface area contributed by atoms with E-state index in [4.69, 9.17) is 10.5 Å². The van der Waals surface area contributed by atoms with Gasteiger partial charge in [0.15, 0.2) is 11.5 Å². The highest BCUT2D eigenvalue weighted by atomic mass is 16.5. The summed E-state index contributed by atoms with van der Waals surface area (Å²) in [5.41, 5.74) is 7.19. The Hall–Kier alpha value is -2.14. The normalized spacial score (nSPS) is 12.2. The van der Waals surface area contributed by atoms with E-state index < -0.39 is 0 Å². The zero-order valence-electron chi connectivity index (χ0n) is 11.7. The van der Waals surface area contributed by atoms with Crippen LogP contribution in [-0.2, 0) is 6.54 Å². The first-order valence-corrected chi connectivity index (χ1v) is 6.61. The van der Waals surface area contributed by atoms with Crippen LogP contribution in [0.25, 0.3) is 0 Å². The molecule has 0 saturated carbocycles. The summed E-state index contributed by atoms with van der Waals surface area (Å²) in [6.07, 6.45) is 1.56. The predicted octanol–water partition coefficient (Wildman–Crippen LogP) is 1.84. The van der Waals surface area contributed by atoms with Crippen molar-refractivity contribution in [2.45, 2.75) is 19.4 Å². The van der Waals surface area contributed by atoms with Crippen molar-refractivity contribution in [3.05, 3.63) is 47.8 Å². The molecule has 0 aliphatic rings. The molecule has 2 rings (SSSR count). The van der Waals surface area contributed by atoms with E-state index in [-0.39, 0.29) is 18.2 Å². The molecule has 1 aromatic heterocycles. The van der Waals surface area contributed by atoms with E-state index in [1.54, 1.807) is 10.9 Å². The summed E-state index contributed by atoms with van der Waals surface area (Å²) in [6, 6.07) is 9.54. The maximum atomic E-state index is 12.8. The topological polar surface area (TPSA) is 70.1 Å². The van der Waals surface area contributed by atoms with Crippen molar-refractivity contribution < 1.29 is 9.53 Å². The Kier molecular flexibility index (Phi) is 4.53. The van der Waals surface area contributed by atoms with Crippen LogP contribution < -0.4 is 10.5 Å². The van der Waals surface area contributed by atoms with Crippen LogP contribution in [0.3, 0.4) is 0 Å². The van der Waals surface area contributed by atoms with E-state index in [0.717, 1.165) is 5.56 Å². The largest absolute Gasteiger partial charge is 0.493 e. The van der Waals surface area contributed by atoms with Crippen LogP contribution in [0.2, 0.25) is 0 Å². The van der Waals surface area contributed by atoms with Crippen molar-refractivity contribution >= 4 is 5.78 Å². The minimum Gasteiger partial charge on any atom is -0.493 e. The minimum atomic E-state index is -0.382. The first kappa shape index (κ1) is 14.3. The molecule has 106 valence electrons.